The van der Waals surface area contributed by atoms with Crippen molar-refractivity contribution in [2.75, 3.05) is 26.2 Å². The minimum Gasteiger partial charge on any atom is -0.340 e. The number of nitrogens with one attached hydrogen (secondary N) is 1. The van der Waals surface area contributed by atoms with Crippen LogP contribution >= 0.6 is 0 Å². The first kappa shape index (κ1) is 23.0. The van der Waals surface area contributed by atoms with Crippen molar-refractivity contribution in [3.63, 3.8) is 0 Å². The van der Waals surface area contributed by atoms with Crippen molar-refractivity contribution < 1.29 is 14.8 Å². The van der Waals surface area contributed by atoms with E-state index in [1.54, 1.807) is 5.48 Å². The van der Waals surface area contributed by atoms with Gasteiger partial charge in [-0.15, -0.1) is 0 Å². The second-order valence-corrected chi connectivity index (χ2v) is 8.13. The van der Waals surface area contributed by atoms with Crippen LogP contribution in [0.2, 0.25) is 0 Å². The Morgan fingerprint density at radius 2 is 1.45 bits per heavy atom. The van der Waals surface area contributed by atoms with E-state index in [-0.39, 0.29) is 11.8 Å². The number of hydrogen-bond donors (Lipinski definition) is 2. The van der Waals surface area contributed by atoms with Gasteiger partial charge < -0.3 is 4.90 Å². The Labute approximate surface area is 184 Å². The molecule has 1 atom stereocenters. The third-order valence-corrected chi connectivity index (χ3v) is 5.98. The lowest BCUT2D eigenvalue weighted by Gasteiger charge is -2.39. The lowest BCUT2D eigenvalue weighted by molar-refractivity contribution is -0.133. The Bertz CT molecular complexity index is 805. The van der Waals surface area contributed by atoms with Gasteiger partial charge in [0.05, 0.1) is 0 Å². The molecular weight excluding hydrogens is 390 g/mol. The molecule has 166 valence electrons. The summed E-state index contributed by atoms with van der Waals surface area (Å²) in [5.41, 5.74) is 4.28. The van der Waals surface area contributed by atoms with Gasteiger partial charge in [0.2, 0.25) is 11.8 Å². The molecule has 2 amide bonds. The number of rotatable bonds is 10. The number of nitrogens with zero attached hydrogens (tertiary/aromatic N) is 2. The molecule has 1 saturated heterocycles. The highest BCUT2D eigenvalue weighted by Gasteiger charge is 2.27. The minimum absolute atomic E-state index is 0.200. The molecule has 1 heterocycles. The molecule has 0 radical (unpaired) electrons. The summed E-state index contributed by atoms with van der Waals surface area (Å²) in [6, 6.07) is 21.5. The van der Waals surface area contributed by atoms with E-state index in [4.69, 9.17) is 5.21 Å². The molecule has 1 aliphatic heterocycles. The smallest absolute Gasteiger partial charge is 0.243 e. The molecule has 2 aromatic rings. The third kappa shape index (κ3) is 7.19. The molecule has 0 aromatic heterocycles. The van der Waals surface area contributed by atoms with Crippen LogP contribution < -0.4 is 5.48 Å². The summed E-state index contributed by atoms with van der Waals surface area (Å²) in [4.78, 5) is 28.1. The van der Waals surface area contributed by atoms with Crippen LogP contribution in [0.4, 0.5) is 0 Å². The van der Waals surface area contributed by atoms with Crippen LogP contribution in [0.1, 0.15) is 49.3 Å². The van der Waals surface area contributed by atoms with Gasteiger partial charge >= 0.3 is 0 Å². The summed E-state index contributed by atoms with van der Waals surface area (Å²) < 4.78 is 0. The fourth-order valence-corrected chi connectivity index (χ4v) is 4.21. The second kappa shape index (κ2) is 12.2. The van der Waals surface area contributed by atoms with Crippen molar-refractivity contribution in [3.05, 3.63) is 71.8 Å². The van der Waals surface area contributed by atoms with Crippen molar-refractivity contribution in [3.8, 4) is 0 Å². The van der Waals surface area contributed by atoms with Gasteiger partial charge in [-0.1, -0.05) is 67.1 Å². The van der Waals surface area contributed by atoms with Gasteiger partial charge in [-0.3, -0.25) is 19.7 Å². The Balaban J connectivity index is 1.50. The fourth-order valence-electron chi connectivity index (χ4n) is 4.21. The Hall–Kier alpha value is -2.70. The van der Waals surface area contributed by atoms with Crippen LogP contribution in [0, 0.1) is 0 Å². The zero-order valence-corrected chi connectivity index (χ0v) is 18.1. The lowest BCUT2D eigenvalue weighted by Crippen LogP contribution is -2.50. The summed E-state index contributed by atoms with van der Waals surface area (Å²) in [5.74, 6) is -0.170. The molecule has 2 aromatic carbocycles. The quantitative estimate of drug-likeness (QED) is 0.348. The lowest BCUT2D eigenvalue weighted by atomic mass is 9.96. The SMILES string of the molecule is O=C(CCCCCC(=O)N1CCN(C(Cc2ccccc2)c2ccccc2)CC1)NO. The summed E-state index contributed by atoms with van der Waals surface area (Å²) >= 11 is 0. The van der Waals surface area contributed by atoms with E-state index >= 15 is 0 Å². The van der Waals surface area contributed by atoms with Crippen molar-refractivity contribution >= 4 is 11.8 Å². The highest BCUT2D eigenvalue weighted by atomic mass is 16.5. The van der Waals surface area contributed by atoms with Gasteiger partial charge in [0, 0.05) is 45.1 Å². The molecule has 1 unspecified atom stereocenters. The van der Waals surface area contributed by atoms with Gasteiger partial charge in [0.1, 0.15) is 0 Å². The zero-order valence-electron chi connectivity index (χ0n) is 18.1. The number of benzene rings is 2. The van der Waals surface area contributed by atoms with Crippen molar-refractivity contribution in [2.45, 2.75) is 44.6 Å². The maximum absolute atomic E-state index is 12.6. The molecule has 1 fully saturated rings. The van der Waals surface area contributed by atoms with Gasteiger partial charge in [-0.2, -0.15) is 0 Å². The maximum Gasteiger partial charge on any atom is 0.243 e. The highest BCUT2D eigenvalue weighted by molar-refractivity contribution is 5.76. The van der Waals surface area contributed by atoms with Gasteiger partial charge in [0.15, 0.2) is 0 Å². The van der Waals surface area contributed by atoms with E-state index in [2.05, 4.69) is 59.5 Å². The molecule has 1 aliphatic rings. The number of carbonyl (C=O) groups is 2. The van der Waals surface area contributed by atoms with Crippen LogP contribution in [0.3, 0.4) is 0 Å². The van der Waals surface area contributed by atoms with Crippen LogP contribution in [-0.4, -0.2) is 53.0 Å². The summed E-state index contributed by atoms with van der Waals surface area (Å²) in [7, 11) is 0. The zero-order chi connectivity index (χ0) is 21.9. The van der Waals surface area contributed by atoms with Crippen LogP contribution in [0.15, 0.2) is 60.7 Å². The standard InChI is InChI=1S/C25H33N3O3/c29-24(26-31)14-8-3-9-15-25(30)28-18-16-27(17-19-28)23(22-12-6-2-7-13-22)20-21-10-4-1-5-11-21/h1-2,4-7,10-13,23,31H,3,8-9,14-20H2,(H,26,29). The average molecular weight is 424 g/mol. The van der Waals surface area contributed by atoms with Crippen LogP contribution in [0.5, 0.6) is 0 Å². The molecule has 3 rings (SSSR count). The molecule has 0 bridgehead atoms. The first-order valence-electron chi connectivity index (χ1n) is 11.2. The Kier molecular flexibility index (Phi) is 9.06. The largest absolute Gasteiger partial charge is 0.340 e. The second-order valence-electron chi connectivity index (χ2n) is 8.13. The first-order chi connectivity index (χ1) is 15.2. The Morgan fingerprint density at radius 3 is 2.10 bits per heavy atom. The van der Waals surface area contributed by atoms with E-state index in [9.17, 15) is 9.59 Å². The molecule has 6 heteroatoms. The van der Waals surface area contributed by atoms with E-state index < -0.39 is 0 Å². The van der Waals surface area contributed by atoms with Gasteiger partial charge in [0.25, 0.3) is 0 Å². The molecule has 31 heavy (non-hydrogen) atoms. The molecule has 6 nitrogen and oxygen atoms in total. The molecule has 0 spiro atoms. The fraction of sp³-hybridized carbons (Fsp3) is 0.440. The normalized spacial score (nSPS) is 15.5. The number of carbonyl (C=O) groups excluding carboxylic acids is 2. The van der Waals surface area contributed by atoms with Crippen LogP contribution in [-0.2, 0) is 16.0 Å². The van der Waals surface area contributed by atoms with E-state index in [1.807, 2.05) is 11.0 Å². The number of amides is 2. The molecule has 0 saturated carbocycles. The minimum atomic E-state index is -0.370. The van der Waals surface area contributed by atoms with E-state index in [0.717, 1.165) is 45.4 Å². The van der Waals surface area contributed by atoms with Crippen molar-refractivity contribution in [2.24, 2.45) is 0 Å². The number of piperazine rings is 1. The molecule has 2 N–H and O–H groups in total. The van der Waals surface area contributed by atoms with Gasteiger partial charge in [-0.25, -0.2) is 5.48 Å². The summed E-state index contributed by atoms with van der Waals surface area (Å²) in [5, 5.41) is 8.50. The van der Waals surface area contributed by atoms with Crippen molar-refractivity contribution in [1.29, 1.82) is 0 Å². The maximum atomic E-state index is 12.6. The average Bonchev–Trinajstić information content (AvgIpc) is 2.83. The van der Waals surface area contributed by atoms with E-state index in [0.29, 0.717) is 25.3 Å². The number of hydroxylamine groups is 1. The van der Waals surface area contributed by atoms with Crippen molar-refractivity contribution in [1.82, 2.24) is 15.3 Å². The highest BCUT2D eigenvalue weighted by Crippen LogP contribution is 2.26. The predicted molar refractivity (Wildman–Crippen MR) is 120 cm³/mol. The summed E-state index contributed by atoms with van der Waals surface area (Å²) in [6.07, 6.45) is 4.05. The molecular formula is C25H33N3O3. The predicted octanol–water partition coefficient (Wildman–Crippen LogP) is 3.57. The monoisotopic (exact) mass is 423 g/mol. The summed E-state index contributed by atoms with van der Waals surface area (Å²) in [6.45, 7) is 3.25. The number of unbranched alkanes of at least 4 members (excludes halogenated alkanes) is 2. The van der Waals surface area contributed by atoms with Crippen LogP contribution in [0.25, 0.3) is 0 Å². The number of hydrogen-bond acceptors (Lipinski definition) is 4. The van der Waals surface area contributed by atoms with E-state index in [1.165, 1.54) is 11.1 Å². The van der Waals surface area contributed by atoms with Gasteiger partial charge in [-0.05, 0) is 30.4 Å². The Morgan fingerprint density at radius 1 is 0.839 bits per heavy atom. The third-order valence-electron chi connectivity index (χ3n) is 5.98. The molecule has 0 aliphatic carbocycles. The topological polar surface area (TPSA) is 72.9 Å². The first-order valence-corrected chi connectivity index (χ1v) is 11.2.